The van der Waals surface area contributed by atoms with E-state index in [1.54, 1.807) is 34.4 Å². The average molecular weight is 607 g/mol. The zero-order valence-electron chi connectivity index (χ0n) is 25.0. The van der Waals surface area contributed by atoms with Crippen molar-refractivity contribution in [2.75, 3.05) is 7.11 Å². The summed E-state index contributed by atoms with van der Waals surface area (Å²) in [5.74, 6) is -0.883. The van der Waals surface area contributed by atoms with Crippen LogP contribution >= 0.6 is 11.3 Å². The molecule has 0 saturated carbocycles. The Morgan fingerprint density at radius 3 is 2.32 bits per heavy atom. The molecule has 1 aliphatic heterocycles. The fourth-order valence-electron chi connectivity index (χ4n) is 5.35. The number of aromatic nitrogens is 3. The minimum absolute atomic E-state index is 0.0592. The molecule has 44 heavy (non-hydrogen) atoms. The van der Waals surface area contributed by atoms with Gasteiger partial charge < -0.3 is 4.74 Å². The first-order valence-electron chi connectivity index (χ1n) is 14.2. The van der Waals surface area contributed by atoms with Crippen LogP contribution in [0.25, 0.3) is 23.0 Å². The monoisotopic (exact) mass is 606 g/mol. The van der Waals surface area contributed by atoms with Crippen molar-refractivity contribution in [3.05, 3.63) is 139 Å². The number of hydrogen-bond donors (Lipinski definition) is 0. The van der Waals surface area contributed by atoms with Crippen LogP contribution < -0.4 is 14.9 Å². The van der Waals surface area contributed by atoms with Gasteiger partial charge in [0.05, 0.1) is 34.6 Å². The van der Waals surface area contributed by atoms with E-state index in [1.807, 2.05) is 60.8 Å². The van der Waals surface area contributed by atoms with Gasteiger partial charge in [-0.15, -0.1) is 0 Å². The average Bonchev–Trinajstić information content (AvgIpc) is 3.57. The third-order valence-electron chi connectivity index (χ3n) is 7.69. The number of halogens is 1. The first kappa shape index (κ1) is 29.2. The molecule has 0 bridgehead atoms. The zero-order valence-corrected chi connectivity index (χ0v) is 25.9. The number of benzene rings is 3. The molecule has 0 spiro atoms. The van der Waals surface area contributed by atoms with E-state index in [4.69, 9.17) is 9.84 Å². The number of fused-ring (bicyclic) bond motifs is 1. The molecule has 6 rings (SSSR count). The summed E-state index contributed by atoms with van der Waals surface area (Å²) in [5, 5.41) is 4.80. The molecule has 0 amide bonds. The van der Waals surface area contributed by atoms with Gasteiger partial charge >= 0.3 is 5.97 Å². The maximum atomic E-state index is 14.2. The van der Waals surface area contributed by atoms with Gasteiger partial charge in [-0.25, -0.2) is 18.9 Å². The molecule has 5 aromatic rings. The van der Waals surface area contributed by atoms with Gasteiger partial charge in [0, 0.05) is 17.3 Å². The highest BCUT2D eigenvalue weighted by Gasteiger charge is 2.33. The van der Waals surface area contributed by atoms with Gasteiger partial charge in [0.1, 0.15) is 11.5 Å². The number of rotatable bonds is 5. The van der Waals surface area contributed by atoms with E-state index >= 15 is 0 Å². The third kappa shape index (κ3) is 5.35. The first-order valence-corrected chi connectivity index (χ1v) is 15.0. The number of allylic oxidation sites excluding steroid dienone is 1. The Morgan fingerprint density at radius 1 is 1.00 bits per heavy atom. The fourth-order valence-corrected chi connectivity index (χ4v) is 6.39. The number of carbonyl (C=O) groups excluding carboxylic acids is 1. The van der Waals surface area contributed by atoms with Gasteiger partial charge in [0.15, 0.2) is 4.80 Å². The lowest BCUT2D eigenvalue weighted by molar-refractivity contribution is -0.136. The Kier molecular flexibility index (Phi) is 7.51. The lowest BCUT2D eigenvalue weighted by Crippen LogP contribution is -2.39. The lowest BCUT2D eigenvalue weighted by atomic mass is 9.85. The summed E-state index contributed by atoms with van der Waals surface area (Å²) in [5.41, 5.74) is 5.22. The number of methoxy groups -OCH3 is 1. The summed E-state index contributed by atoms with van der Waals surface area (Å²) in [6.45, 7) is 8.16. The lowest BCUT2D eigenvalue weighted by Gasteiger charge is -2.25. The molecular weight excluding hydrogens is 575 g/mol. The van der Waals surface area contributed by atoms with Gasteiger partial charge in [-0.3, -0.25) is 9.36 Å². The van der Waals surface area contributed by atoms with Crippen molar-refractivity contribution in [2.45, 2.75) is 39.2 Å². The van der Waals surface area contributed by atoms with Crippen LogP contribution in [0, 0.1) is 5.82 Å². The number of carbonyl (C=O) groups is 1. The predicted octanol–water partition coefficient (Wildman–Crippen LogP) is 5.70. The Morgan fingerprint density at radius 2 is 1.68 bits per heavy atom. The van der Waals surface area contributed by atoms with Crippen molar-refractivity contribution in [1.82, 2.24) is 14.3 Å². The van der Waals surface area contributed by atoms with Gasteiger partial charge in [-0.1, -0.05) is 74.6 Å². The van der Waals surface area contributed by atoms with Crippen molar-refractivity contribution in [1.29, 1.82) is 0 Å². The van der Waals surface area contributed by atoms with E-state index in [0.717, 1.165) is 16.8 Å². The minimum atomic E-state index is -0.710. The highest BCUT2D eigenvalue weighted by Crippen LogP contribution is 2.32. The van der Waals surface area contributed by atoms with E-state index in [9.17, 15) is 14.0 Å². The van der Waals surface area contributed by atoms with Crippen LogP contribution in [-0.2, 0) is 14.9 Å². The zero-order chi connectivity index (χ0) is 31.2. The molecule has 0 fully saturated rings. The topological polar surface area (TPSA) is 78.5 Å². The molecule has 0 radical (unpaired) electrons. The van der Waals surface area contributed by atoms with E-state index in [0.29, 0.717) is 37.4 Å². The number of thiazole rings is 1. The molecule has 0 aliphatic carbocycles. The van der Waals surface area contributed by atoms with Crippen LogP contribution in [-0.4, -0.2) is 27.4 Å². The Balaban J connectivity index is 1.55. The fraction of sp³-hybridized carbons (Fsp3) is 0.200. The Hall–Kier alpha value is -4.89. The Labute approximate surface area is 257 Å². The summed E-state index contributed by atoms with van der Waals surface area (Å²) < 4.78 is 22.7. The van der Waals surface area contributed by atoms with Crippen molar-refractivity contribution in [2.24, 2.45) is 4.99 Å². The molecule has 3 heterocycles. The van der Waals surface area contributed by atoms with Crippen LogP contribution in [0.15, 0.2) is 106 Å². The number of para-hydroxylation sites is 1. The van der Waals surface area contributed by atoms with E-state index in [2.05, 4.69) is 25.8 Å². The molecule has 0 N–H and O–H groups in total. The van der Waals surface area contributed by atoms with Crippen LogP contribution in [0.2, 0.25) is 0 Å². The molecule has 9 heteroatoms. The molecule has 7 nitrogen and oxygen atoms in total. The largest absolute Gasteiger partial charge is 0.466 e. The summed E-state index contributed by atoms with van der Waals surface area (Å²) in [6.07, 6.45) is 3.63. The van der Waals surface area contributed by atoms with Crippen molar-refractivity contribution >= 4 is 23.4 Å². The number of nitrogens with zero attached hydrogens (tertiary/aromatic N) is 4. The molecule has 2 aromatic heterocycles. The normalized spacial score (nSPS) is 15.2. The number of ether oxygens (including phenoxy) is 1. The van der Waals surface area contributed by atoms with Gasteiger partial charge in [-0.05, 0) is 65.9 Å². The molecule has 1 atom stereocenters. The van der Waals surface area contributed by atoms with Gasteiger partial charge in [0.2, 0.25) is 0 Å². The summed E-state index contributed by atoms with van der Waals surface area (Å²) in [4.78, 5) is 32.4. The van der Waals surface area contributed by atoms with Crippen LogP contribution in [0.4, 0.5) is 4.39 Å². The Bertz CT molecular complexity index is 2080. The molecule has 3 aromatic carbocycles. The molecule has 1 unspecified atom stereocenters. The highest BCUT2D eigenvalue weighted by atomic mass is 32.1. The van der Waals surface area contributed by atoms with E-state index in [-0.39, 0.29) is 16.8 Å². The number of hydrogen-bond acceptors (Lipinski definition) is 6. The maximum Gasteiger partial charge on any atom is 0.338 e. The number of esters is 1. The van der Waals surface area contributed by atoms with Crippen molar-refractivity contribution in [3.8, 4) is 16.9 Å². The second-order valence-corrected chi connectivity index (χ2v) is 12.7. The van der Waals surface area contributed by atoms with E-state index in [1.165, 1.54) is 30.6 Å². The summed E-state index contributed by atoms with van der Waals surface area (Å²) >= 11 is 1.24. The van der Waals surface area contributed by atoms with Crippen LogP contribution in [0.1, 0.15) is 50.4 Å². The molecule has 222 valence electrons. The molecule has 1 aliphatic rings. The minimum Gasteiger partial charge on any atom is -0.466 e. The maximum absolute atomic E-state index is 14.2. The first-order chi connectivity index (χ1) is 21.0. The molecule has 0 saturated heterocycles. The standard InChI is InChI=1S/C35H31FN4O3S/c1-21-29(33(42)43-5)31(23-11-15-25(16-12-23)35(2,3)4)40-32(41)28(44-34(40)37-21)19-24-20-39(27-9-7-6-8-10-27)38-30(24)22-13-17-26(36)18-14-22/h6-20,31H,1-5H3/b28-19+. The van der Waals surface area contributed by atoms with Gasteiger partial charge in [-0.2, -0.15) is 5.10 Å². The summed E-state index contributed by atoms with van der Waals surface area (Å²) in [7, 11) is 1.33. The summed E-state index contributed by atoms with van der Waals surface area (Å²) in [6, 6.07) is 23.0. The quantitative estimate of drug-likeness (QED) is 0.241. The van der Waals surface area contributed by atoms with E-state index < -0.39 is 12.0 Å². The third-order valence-corrected chi connectivity index (χ3v) is 8.67. The van der Waals surface area contributed by atoms with Gasteiger partial charge in [0.25, 0.3) is 5.56 Å². The van der Waals surface area contributed by atoms with Crippen molar-refractivity contribution < 1.29 is 13.9 Å². The van der Waals surface area contributed by atoms with Crippen LogP contribution in [0.5, 0.6) is 0 Å². The van der Waals surface area contributed by atoms with Crippen molar-refractivity contribution in [3.63, 3.8) is 0 Å². The SMILES string of the molecule is COC(=O)C1=C(C)N=c2s/c(=C/c3cn(-c4ccccc4)nc3-c3ccc(F)cc3)c(=O)n2C1c1ccc(C(C)(C)C)cc1. The predicted molar refractivity (Wildman–Crippen MR) is 170 cm³/mol. The molecular formula is C35H31FN4O3S. The van der Waals surface area contributed by atoms with Crippen LogP contribution in [0.3, 0.4) is 0 Å². The highest BCUT2D eigenvalue weighted by molar-refractivity contribution is 7.07. The second kappa shape index (κ2) is 11.3. The smallest absolute Gasteiger partial charge is 0.338 e. The second-order valence-electron chi connectivity index (χ2n) is 11.7.